The third kappa shape index (κ3) is 1.80. The van der Waals surface area contributed by atoms with E-state index in [-0.39, 0.29) is 0 Å². The van der Waals surface area contributed by atoms with E-state index in [9.17, 15) is 0 Å². The Hall–Kier alpha value is -2.82. The van der Waals surface area contributed by atoms with E-state index >= 15 is 0 Å². The average molecular weight is 263 g/mol. The molecule has 0 fully saturated rings. The molecule has 0 saturated carbocycles. The van der Waals surface area contributed by atoms with Gasteiger partial charge in [-0.05, 0) is 24.3 Å². The molecule has 4 rings (SSSR count). The standard InChI is InChI=1S/C15H13N5/c1-2-7-20-10-11(18-15(20)6-1)8-16-13-4-3-5-14-12(13)9-17-19-14/h1-7,9-10,16H,8H2,(H,17,19). The molecule has 0 saturated heterocycles. The van der Waals surface area contributed by atoms with Crippen molar-refractivity contribution in [2.75, 3.05) is 5.32 Å². The summed E-state index contributed by atoms with van der Waals surface area (Å²) < 4.78 is 2.02. The number of imidazole rings is 1. The second kappa shape index (κ2) is 4.38. The van der Waals surface area contributed by atoms with Crippen LogP contribution in [0.15, 0.2) is 55.0 Å². The van der Waals surface area contributed by atoms with E-state index in [1.807, 2.05) is 59.4 Å². The normalized spacial score (nSPS) is 11.2. The number of nitrogens with one attached hydrogen (secondary N) is 2. The molecule has 3 heterocycles. The van der Waals surface area contributed by atoms with Crippen LogP contribution in [0.25, 0.3) is 16.6 Å². The molecule has 0 amide bonds. The van der Waals surface area contributed by atoms with Gasteiger partial charge in [0.05, 0.1) is 24.0 Å². The van der Waals surface area contributed by atoms with E-state index in [4.69, 9.17) is 0 Å². The molecule has 5 heteroatoms. The predicted octanol–water partition coefficient (Wildman–Crippen LogP) is 2.82. The van der Waals surface area contributed by atoms with E-state index in [1.54, 1.807) is 0 Å². The summed E-state index contributed by atoms with van der Waals surface area (Å²) in [6, 6.07) is 12.1. The second-order valence-corrected chi connectivity index (χ2v) is 4.69. The highest BCUT2D eigenvalue weighted by molar-refractivity contribution is 5.90. The van der Waals surface area contributed by atoms with Crippen LogP contribution in [0.2, 0.25) is 0 Å². The summed E-state index contributed by atoms with van der Waals surface area (Å²) >= 11 is 0. The van der Waals surface area contributed by atoms with Gasteiger partial charge in [0.2, 0.25) is 0 Å². The van der Waals surface area contributed by atoms with Crippen LogP contribution >= 0.6 is 0 Å². The molecule has 0 bridgehead atoms. The minimum absolute atomic E-state index is 0.686. The molecular formula is C15H13N5. The Morgan fingerprint density at radius 1 is 1.15 bits per heavy atom. The number of hydrogen-bond acceptors (Lipinski definition) is 3. The molecular weight excluding hydrogens is 250 g/mol. The summed E-state index contributed by atoms with van der Waals surface area (Å²) in [5.41, 5.74) is 4.07. The van der Waals surface area contributed by atoms with Crippen LogP contribution in [0.4, 0.5) is 5.69 Å². The van der Waals surface area contributed by atoms with Gasteiger partial charge in [-0.1, -0.05) is 12.1 Å². The smallest absolute Gasteiger partial charge is 0.137 e. The van der Waals surface area contributed by atoms with Crippen molar-refractivity contribution < 1.29 is 0 Å². The molecule has 0 aliphatic rings. The van der Waals surface area contributed by atoms with Crippen LogP contribution in [0.1, 0.15) is 5.69 Å². The number of benzene rings is 1. The Morgan fingerprint density at radius 3 is 3.10 bits per heavy atom. The van der Waals surface area contributed by atoms with Crippen LogP contribution < -0.4 is 5.32 Å². The van der Waals surface area contributed by atoms with Crippen molar-refractivity contribution in [3.63, 3.8) is 0 Å². The van der Waals surface area contributed by atoms with Crippen molar-refractivity contribution >= 4 is 22.2 Å². The fraction of sp³-hybridized carbons (Fsp3) is 0.0667. The molecule has 0 aliphatic heterocycles. The maximum absolute atomic E-state index is 4.57. The van der Waals surface area contributed by atoms with Gasteiger partial charge < -0.3 is 9.72 Å². The lowest BCUT2D eigenvalue weighted by molar-refractivity contribution is 1.08. The molecule has 0 radical (unpaired) electrons. The van der Waals surface area contributed by atoms with Crippen molar-refractivity contribution in [3.05, 3.63) is 60.7 Å². The van der Waals surface area contributed by atoms with E-state index < -0.39 is 0 Å². The number of nitrogens with zero attached hydrogens (tertiary/aromatic N) is 3. The van der Waals surface area contributed by atoms with Crippen molar-refractivity contribution in [1.29, 1.82) is 0 Å². The van der Waals surface area contributed by atoms with Gasteiger partial charge in [0.1, 0.15) is 5.65 Å². The van der Waals surface area contributed by atoms with Crippen LogP contribution in [0.5, 0.6) is 0 Å². The third-order valence-corrected chi connectivity index (χ3v) is 3.36. The maximum Gasteiger partial charge on any atom is 0.137 e. The molecule has 4 aromatic rings. The Bertz CT molecular complexity index is 841. The Balaban J connectivity index is 1.62. The second-order valence-electron chi connectivity index (χ2n) is 4.69. The average Bonchev–Trinajstić information content (AvgIpc) is 3.11. The number of rotatable bonds is 3. The number of fused-ring (bicyclic) bond motifs is 2. The molecule has 3 aromatic heterocycles. The number of H-pyrrole nitrogens is 1. The highest BCUT2D eigenvalue weighted by atomic mass is 15.1. The summed E-state index contributed by atoms with van der Waals surface area (Å²) in [4.78, 5) is 4.57. The van der Waals surface area contributed by atoms with E-state index in [0.29, 0.717) is 6.54 Å². The van der Waals surface area contributed by atoms with Gasteiger partial charge in [0, 0.05) is 23.5 Å². The molecule has 98 valence electrons. The first-order valence-electron chi connectivity index (χ1n) is 6.49. The summed E-state index contributed by atoms with van der Waals surface area (Å²) in [7, 11) is 0. The fourth-order valence-electron chi connectivity index (χ4n) is 2.38. The molecule has 5 nitrogen and oxygen atoms in total. The van der Waals surface area contributed by atoms with E-state index in [2.05, 4.69) is 20.5 Å². The van der Waals surface area contributed by atoms with Crippen molar-refractivity contribution in [2.24, 2.45) is 0 Å². The zero-order valence-corrected chi connectivity index (χ0v) is 10.7. The summed E-state index contributed by atoms with van der Waals surface area (Å²) in [5, 5.41) is 11.5. The van der Waals surface area contributed by atoms with E-state index in [1.165, 1.54) is 0 Å². The van der Waals surface area contributed by atoms with Gasteiger partial charge in [-0.3, -0.25) is 5.10 Å². The Labute approximate surface area is 115 Å². The van der Waals surface area contributed by atoms with Gasteiger partial charge in [0.25, 0.3) is 0 Å². The minimum Gasteiger partial charge on any atom is -0.379 e. The SMILES string of the molecule is c1cc(NCc2cn3ccccc3n2)c2cn[nH]c2c1. The van der Waals surface area contributed by atoms with Crippen molar-refractivity contribution in [2.45, 2.75) is 6.54 Å². The molecule has 0 spiro atoms. The highest BCUT2D eigenvalue weighted by Crippen LogP contribution is 2.21. The summed E-state index contributed by atoms with van der Waals surface area (Å²) in [6.07, 6.45) is 5.88. The van der Waals surface area contributed by atoms with Gasteiger partial charge in [-0.2, -0.15) is 5.10 Å². The maximum atomic E-state index is 4.57. The number of hydrogen-bond donors (Lipinski definition) is 2. The fourth-order valence-corrected chi connectivity index (χ4v) is 2.38. The Kier molecular flexibility index (Phi) is 2.42. The number of aromatic amines is 1. The van der Waals surface area contributed by atoms with Crippen molar-refractivity contribution in [1.82, 2.24) is 19.6 Å². The monoisotopic (exact) mass is 263 g/mol. The number of pyridine rings is 1. The molecule has 1 aromatic carbocycles. The van der Waals surface area contributed by atoms with Gasteiger partial charge in [-0.15, -0.1) is 0 Å². The lowest BCUT2D eigenvalue weighted by atomic mass is 10.2. The van der Waals surface area contributed by atoms with Crippen LogP contribution in [-0.2, 0) is 6.54 Å². The largest absolute Gasteiger partial charge is 0.379 e. The lowest BCUT2D eigenvalue weighted by Crippen LogP contribution is -1.99. The molecule has 0 atom stereocenters. The number of anilines is 1. The predicted molar refractivity (Wildman–Crippen MR) is 78.6 cm³/mol. The molecule has 20 heavy (non-hydrogen) atoms. The quantitative estimate of drug-likeness (QED) is 0.597. The third-order valence-electron chi connectivity index (χ3n) is 3.36. The van der Waals surface area contributed by atoms with Gasteiger partial charge in [-0.25, -0.2) is 4.98 Å². The van der Waals surface area contributed by atoms with Crippen LogP contribution in [0, 0.1) is 0 Å². The minimum atomic E-state index is 0.686. The summed E-state index contributed by atoms with van der Waals surface area (Å²) in [6.45, 7) is 0.686. The van der Waals surface area contributed by atoms with Gasteiger partial charge >= 0.3 is 0 Å². The first kappa shape index (κ1) is 11.0. The zero-order valence-electron chi connectivity index (χ0n) is 10.7. The van der Waals surface area contributed by atoms with Crippen LogP contribution in [-0.4, -0.2) is 19.6 Å². The molecule has 0 unspecified atom stereocenters. The molecule has 2 N–H and O–H groups in total. The lowest BCUT2D eigenvalue weighted by Gasteiger charge is -2.05. The van der Waals surface area contributed by atoms with Gasteiger partial charge in [0.15, 0.2) is 0 Å². The first-order valence-corrected chi connectivity index (χ1v) is 6.49. The number of aromatic nitrogens is 4. The first-order chi connectivity index (χ1) is 9.90. The summed E-state index contributed by atoms with van der Waals surface area (Å²) in [5.74, 6) is 0. The zero-order chi connectivity index (χ0) is 13.4. The topological polar surface area (TPSA) is 58.0 Å². The van der Waals surface area contributed by atoms with E-state index in [0.717, 1.165) is 27.9 Å². The van der Waals surface area contributed by atoms with Crippen molar-refractivity contribution in [3.8, 4) is 0 Å². The molecule has 0 aliphatic carbocycles. The highest BCUT2D eigenvalue weighted by Gasteiger charge is 2.04. The van der Waals surface area contributed by atoms with Crippen LogP contribution in [0.3, 0.4) is 0 Å². The Morgan fingerprint density at radius 2 is 2.15 bits per heavy atom.